The van der Waals surface area contributed by atoms with Crippen molar-refractivity contribution in [1.82, 2.24) is 9.97 Å². The van der Waals surface area contributed by atoms with Crippen molar-refractivity contribution < 1.29 is 13.9 Å². The minimum Gasteiger partial charge on any atom is -0.494 e. The van der Waals surface area contributed by atoms with Crippen LogP contribution in [0.3, 0.4) is 0 Å². The molecule has 0 aliphatic carbocycles. The summed E-state index contributed by atoms with van der Waals surface area (Å²) in [6.45, 7) is 0.296. The second kappa shape index (κ2) is 6.85. The summed E-state index contributed by atoms with van der Waals surface area (Å²) in [4.78, 5) is 8.59. The van der Waals surface area contributed by atoms with Crippen molar-refractivity contribution in [2.45, 2.75) is 6.61 Å². The lowest BCUT2D eigenvalue weighted by atomic mass is 10.3. The first kappa shape index (κ1) is 15.0. The SMILES string of the molecule is CNc1cc(Nc2ccc(F)cc2OC)nc(COC)n1. The molecule has 1 heterocycles. The summed E-state index contributed by atoms with van der Waals surface area (Å²) in [5, 5.41) is 6.04. The van der Waals surface area contributed by atoms with E-state index in [1.165, 1.54) is 19.2 Å². The van der Waals surface area contributed by atoms with Crippen LogP contribution in [0.15, 0.2) is 24.3 Å². The van der Waals surface area contributed by atoms with Crippen LogP contribution < -0.4 is 15.4 Å². The lowest BCUT2D eigenvalue weighted by Gasteiger charge is -2.12. The van der Waals surface area contributed by atoms with Gasteiger partial charge in [-0.3, -0.25) is 0 Å². The van der Waals surface area contributed by atoms with E-state index >= 15 is 0 Å². The number of benzene rings is 1. The third-order valence-electron chi connectivity index (χ3n) is 2.73. The van der Waals surface area contributed by atoms with Crippen LogP contribution in [0.1, 0.15) is 5.82 Å². The van der Waals surface area contributed by atoms with Crippen LogP contribution in [-0.4, -0.2) is 31.2 Å². The highest BCUT2D eigenvalue weighted by molar-refractivity contribution is 5.65. The second-order valence-corrected chi connectivity index (χ2v) is 4.21. The minimum atomic E-state index is -0.365. The molecule has 2 aromatic rings. The summed E-state index contributed by atoms with van der Waals surface area (Å²) >= 11 is 0. The van der Waals surface area contributed by atoms with E-state index in [-0.39, 0.29) is 5.82 Å². The number of anilines is 3. The molecule has 21 heavy (non-hydrogen) atoms. The molecule has 112 valence electrons. The normalized spacial score (nSPS) is 10.3. The Morgan fingerprint density at radius 1 is 1.14 bits per heavy atom. The van der Waals surface area contributed by atoms with Gasteiger partial charge in [-0.25, -0.2) is 14.4 Å². The predicted octanol–water partition coefficient (Wildman–Crippen LogP) is 2.56. The molecule has 0 amide bonds. The first-order chi connectivity index (χ1) is 10.2. The van der Waals surface area contributed by atoms with Gasteiger partial charge in [0.2, 0.25) is 0 Å². The van der Waals surface area contributed by atoms with Crippen LogP contribution in [-0.2, 0) is 11.3 Å². The van der Waals surface area contributed by atoms with E-state index in [4.69, 9.17) is 9.47 Å². The van der Waals surface area contributed by atoms with Crippen molar-refractivity contribution in [3.63, 3.8) is 0 Å². The highest BCUT2D eigenvalue weighted by Crippen LogP contribution is 2.28. The first-order valence-corrected chi connectivity index (χ1v) is 6.31. The highest BCUT2D eigenvalue weighted by Gasteiger charge is 2.08. The average Bonchev–Trinajstić information content (AvgIpc) is 2.49. The van der Waals surface area contributed by atoms with Gasteiger partial charge in [0.05, 0.1) is 12.8 Å². The Morgan fingerprint density at radius 2 is 1.90 bits per heavy atom. The molecule has 1 aromatic carbocycles. The Hall–Kier alpha value is -2.41. The molecule has 0 unspecified atom stereocenters. The Morgan fingerprint density at radius 3 is 2.57 bits per heavy atom. The molecule has 0 bridgehead atoms. The quantitative estimate of drug-likeness (QED) is 0.853. The number of rotatable bonds is 6. The number of nitrogens with one attached hydrogen (secondary N) is 2. The summed E-state index contributed by atoms with van der Waals surface area (Å²) in [6, 6.07) is 5.98. The van der Waals surface area contributed by atoms with Crippen LogP contribution in [0.5, 0.6) is 5.75 Å². The third-order valence-corrected chi connectivity index (χ3v) is 2.73. The standard InChI is InChI=1S/C14H17FN4O2/c1-16-12-7-13(19-14(18-12)8-20-2)17-10-5-4-9(15)6-11(10)21-3/h4-7H,8H2,1-3H3,(H2,16,17,18,19). The van der Waals surface area contributed by atoms with Gasteiger partial charge in [0.25, 0.3) is 0 Å². The molecule has 6 nitrogen and oxygen atoms in total. The van der Waals surface area contributed by atoms with E-state index in [1.807, 2.05) is 0 Å². The lowest BCUT2D eigenvalue weighted by Crippen LogP contribution is -2.05. The first-order valence-electron chi connectivity index (χ1n) is 6.31. The Labute approximate surface area is 122 Å². The molecule has 1 aromatic heterocycles. The fraction of sp³-hybridized carbons (Fsp3) is 0.286. The van der Waals surface area contributed by atoms with Crippen LogP contribution >= 0.6 is 0 Å². The fourth-order valence-electron chi connectivity index (χ4n) is 1.79. The van der Waals surface area contributed by atoms with E-state index < -0.39 is 0 Å². The van der Waals surface area contributed by atoms with Gasteiger partial charge in [0, 0.05) is 26.3 Å². The zero-order chi connectivity index (χ0) is 15.2. The molecule has 7 heteroatoms. The maximum atomic E-state index is 13.2. The van der Waals surface area contributed by atoms with Crippen LogP contribution in [0, 0.1) is 5.82 Å². The van der Waals surface area contributed by atoms with Crippen LogP contribution in [0.25, 0.3) is 0 Å². The van der Waals surface area contributed by atoms with Gasteiger partial charge >= 0.3 is 0 Å². The van der Waals surface area contributed by atoms with Crippen molar-refractivity contribution >= 4 is 17.3 Å². The maximum absolute atomic E-state index is 13.2. The topological polar surface area (TPSA) is 68.3 Å². The zero-order valence-electron chi connectivity index (χ0n) is 12.1. The monoisotopic (exact) mass is 292 g/mol. The molecule has 0 aliphatic heterocycles. The van der Waals surface area contributed by atoms with Crippen molar-refractivity contribution in [3.05, 3.63) is 35.9 Å². The summed E-state index contributed by atoms with van der Waals surface area (Å²) in [5.41, 5.74) is 0.614. The smallest absolute Gasteiger partial charge is 0.158 e. The molecule has 0 atom stereocenters. The molecule has 0 saturated carbocycles. The molecule has 0 radical (unpaired) electrons. The molecule has 0 fully saturated rings. The van der Waals surface area contributed by atoms with Crippen LogP contribution in [0.2, 0.25) is 0 Å². The number of aromatic nitrogens is 2. The molecule has 0 aliphatic rings. The van der Waals surface area contributed by atoms with E-state index in [1.54, 1.807) is 26.3 Å². The Bertz CT molecular complexity index is 622. The van der Waals surface area contributed by atoms with Gasteiger partial charge in [-0.15, -0.1) is 0 Å². The highest BCUT2D eigenvalue weighted by atomic mass is 19.1. The Balaban J connectivity index is 2.32. The number of hydrogen-bond donors (Lipinski definition) is 2. The summed E-state index contributed by atoms with van der Waals surface area (Å²) in [7, 11) is 4.82. The number of halogens is 1. The molecule has 2 N–H and O–H groups in total. The Kier molecular flexibility index (Phi) is 4.89. The molecule has 0 saturated heterocycles. The molecular weight excluding hydrogens is 275 g/mol. The fourth-order valence-corrected chi connectivity index (χ4v) is 1.79. The number of hydrogen-bond acceptors (Lipinski definition) is 6. The largest absolute Gasteiger partial charge is 0.494 e. The average molecular weight is 292 g/mol. The minimum absolute atomic E-state index is 0.296. The van der Waals surface area contributed by atoms with E-state index in [9.17, 15) is 4.39 Å². The van der Waals surface area contributed by atoms with Crippen molar-refractivity contribution in [2.75, 3.05) is 31.9 Å². The van der Waals surface area contributed by atoms with Gasteiger partial charge in [-0.1, -0.05) is 0 Å². The van der Waals surface area contributed by atoms with Crippen LogP contribution in [0.4, 0.5) is 21.7 Å². The molecular formula is C14H17FN4O2. The van der Waals surface area contributed by atoms with Crippen molar-refractivity contribution in [3.8, 4) is 5.75 Å². The summed E-state index contributed by atoms with van der Waals surface area (Å²) < 4.78 is 23.4. The van der Waals surface area contributed by atoms with Crippen molar-refractivity contribution in [2.24, 2.45) is 0 Å². The van der Waals surface area contributed by atoms with E-state index in [2.05, 4.69) is 20.6 Å². The van der Waals surface area contributed by atoms with Gasteiger partial charge in [0.1, 0.15) is 29.8 Å². The maximum Gasteiger partial charge on any atom is 0.158 e. The molecule has 0 spiro atoms. The van der Waals surface area contributed by atoms with Crippen molar-refractivity contribution in [1.29, 1.82) is 0 Å². The number of ether oxygens (including phenoxy) is 2. The van der Waals surface area contributed by atoms with E-state index in [0.29, 0.717) is 35.5 Å². The summed E-state index contributed by atoms with van der Waals surface area (Å²) in [5.74, 6) is 1.78. The second-order valence-electron chi connectivity index (χ2n) is 4.21. The zero-order valence-corrected chi connectivity index (χ0v) is 12.1. The van der Waals surface area contributed by atoms with Gasteiger partial charge in [-0.2, -0.15) is 0 Å². The molecule has 2 rings (SSSR count). The van der Waals surface area contributed by atoms with Gasteiger partial charge in [-0.05, 0) is 12.1 Å². The number of nitrogens with zero attached hydrogens (tertiary/aromatic N) is 2. The van der Waals surface area contributed by atoms with E-state index in [0.717, 1.165) is 0 Å². The lowest BCUT2D eigenvalue weighted by molar-refractivity contribution is 0.178. The summed E-state index contributed by atoms with van der Waals surface area (Å²) in [6.07, 6.45) is 0. The predicted molar refractivity (Wildman–Crippen MR) is 78.5 cm³/mol. The number of methoxy groups -OCH3 is 2. The van der Waals surface area contributed by atoms with Gasteiger partial charge in [0.15, 0.2) is 5.82 Å². The third kappa shape index (κ3) is 3.79. The van der Waals surface area contributed by atoms with Gasteiger partial charge < -0.3 is 20.1 Å².